The number of alkyl halides is 1. The third-order valence-corrected chi connectivity index (χ3v) is 6.59. The summed E-state index contributed by atoms with van der Waals surface area (Å²) < 4.78 is 27.1. The number of benzene rings is 1. The first-order chi connectivity index (χ1) is 9.77. The molecule has 1 aromatic rings. The maximum atomic E-state index is 12.8. The molecule has 1 aliphatic heterocycles. The summed E-state index contributed by atoms with van der Waals surface area (Å²) in [5.41, 5.74) is 0.746. The van der Waals surface area contributed by atoms with Crippen LogP contribution in [0.2, 0.25) is 5.02 Å². The molecule has 1 heterocycles. The summed E-state index contributed by atoms with van der Waals surface area (Å²) in [5, 5.41) is 0.241. The molecule has 2 rings (SSSR count). The van der Waals surface area contributed by atoms with E-state index < -0.39 is 10.0 Å². The molecule has 0 bridgehead atoms. The van der Waals surface area contributed by atoms with E-state index >= 15 is 0 Å². The van der Waals surface area contributed by atoms with Crippen LogP contribution in [0.1, 0.15) is 12.5 Å². The van der Waals surface area contributed by atoms with E-state index in [0.29, 0.717) is 13.1 Å². The average Bonchev–Trinajstić information content (AvgIpc) is 2.82. The quantitative estimate of drug-likeness (QED) is 0.783. The molecule has 4 nitrogen and oxygen atoms in total. The molecule has 2 atom stereocenters. The lowest BCUT2D eigenvalue weighted by Gasteiger charge is -2.22. The molecule has 1 aromatic carbocycles. The summed E-state index contributed by atoms with van der Waals surface area (Å²) in [6, 6.07) is 5.12. The van der Waals surface area contributed by atoms with Crippen molar-refractivity contribution in [3.05, 3.63) is 28.8 Å². The van der Waals surface area contributed by atoms with Gasteiger partial charge in [-0.2, -0.15) is 4.31 Å². The summed E-state index contributed by atoms with van der Waals surface area (Å²) >= 11 is 11.9. The topological polar surface area (TPSA) is 40.6 Å². The van der Waals surface area contributed by atoms with Crippen LogP contribution in [0.3, 0.4) is 0 Å². The van der Waals surface area contributed by atoms with Crippen molar-refractivity contribution in [1.82, 2.24) is 9.21 Å². The van der Waals surface area contributed by atoms with Crippen molar-refractivity contribution < 1.29 is 8.42 Å². The predicted octanol–water partition coefficient (Wildman–Crippen LogP) is 2.65. The van der Waals surface area contributed by atoms with Crippen molar-refractivity contribution in [3.63, 3.8) is 0 Å². The number of likely N-dealkylation sites (N-methyl/N-ethyl adjacent to an activating group) is 1. The number of sulfonamides is 1. The fourth-order valence-electron chi connectivity index (χ4n) is 2.74. The van der Waals surface area contributed by atoms with Gasteiger partial charge in [0.15, 0.2) is 0 Å². The van der Waals surface area contributed by atoms with Crippen molar-refractivity contribution in [2.75, 3.05) is 27.2 Å². The van der Waals surface area contributed by atoms with Crippen molar-refractivity contribution in [2.45, 2.75) is 23.7 Å². The van der Waals surface area contributed by atoms with E-state index in [0.717, 1.165) is 5.56 Å². The summed E-state index contributed by atoms with van der Waals surface area (Å²) in [4.78, 5) is 2.21. The molecule has 0 N–H and O–H groups in total. The Kier molecular flexibility index (Phi) is 5.21. The van der Waals surface area contributed by atoms with E-state index in [1.807, 2.05) is 14.1 Å². The van der Waals surface area contributed by atoms with Crippen LogP contribution in [0.4, 0.5) is 0 Å². The van der Waals surface area contributed by atoms with Crippen LogP contribution >= 0.6 is 23.2 Å². The van der Waals surface area contributed by atoms with E-state index in [1.54, 1.807) is 18.2 Å². The molecule has 1 saturated heterocycles. The smallest absolute Gasteiger partial charge is 0.244 e. The van der Waals surface area contributed by atoms with Gasteiger partial charge in [-0.05, 0) is 37.7 Å². The molecule has 0 spiro atoms. The van der Waals surface area contributed by atoms with Gasteiger partial charge in [-0.1, -0.05) is 24.6 Å². The first-order valence-electron chi connectivity index (χ1n) is 6.78. The third-order valence-electron chi connectivity index (χ3n) is 3.97. The van der Waals surface area contributed by atoms with Crippen LogP contribution in [0, 0.1) is 5.92 Å². The highest BCUT2D eigenvalue weighted by Crippen LogP contribution is 2.31. The Morgan fingerprint density at radius 3 is 2.52 bits per heavy atom. The highest BCUT2D eigenvalue weighted by atomic mass is 35.5. The number of rotatable bonds is 4. The van der Waals surface area contributed by atoms with Gasteiger partial charge >= 0.3 is 0 Å². The molecule has 2 unspecified atom stereocenters. The normalized spacial score (nSPS) is 23.9. The molecule has 0 radical (unpaired) electrons. The van der Waals surface area contributed by atoms with E-state index in [1.165, 1.54) is 4.31 Å². The Balaban J connectivity index is 2.35. The lowest BCUT2D eigenvalue weighted by atomic mass is 10.1. The minimum atomic E-state index is -3.59. The van der Waals surface area contributed by atoms with Gasteiger partial charge in [0.25, 0.3) is 0 Å². The summed E-state index contributed by atoms with van der Waals surface area (Å²) in [5.74, 6) is 0.543. The first-order valence-corrected chi connectivity index (χ1v) is 9.13. The number of hydrogen-bond donors (Lipinski definition) is 0. The molecule has 1 fully saturated rings. The summed E-state index contributed by atoms with van der Waals surface area (Å²) in [6.07, 6.45) is 0. The first kappa shape index (κ1) is 17.0. The summed E-state index contributed by atoms with van der Waals surface area (Å²) in [7, 11) is 0.356. The van der Waals surface area contributed by atoms with Gasteiger partial charge in [0.2, 0.25) is 10.0 Å². The van der Waals surface area contributed by atoms with Gasteiger partial charge in [0.05, 0.1) is 5.02 Å². The summed E-state index contributed by atoms with van der Waals surface area (Å²) in [6.45, 7) is 3.06. The Labute approximate surface area is 136 Å². The Hall–Kier alpha value is -0.330. The molecule has 7 heteroatoms. The van der Waals surface area contributed by atoms with Gasteiger partial charge in [0.1, 0.15) is 4.90 Å². The Morgan fingerprint density at radius 1 is 1.33 bits per heavy atom. The lowest BCUT2D eigenvalue weighted by molar-refractivity contribution is 0.263. The molecule has 118 valence electrons. The van der Waals surface area contributed by atoms with Crippen LogP contribution in [-0.2, 0) is 15.9 Å². The predicted molar refractivity (Wildman–Crippen MR) is 86.4 cm³/mol. The molecular weight excluding hydrogens is 331 g/mol. The fraction of sp³-hybridized carbons (Fsp3) is 0.571. The van der Waals surface area contributed by atoms with Crippen molar-refractivity contribution in [3.8, 4) is 0 Å². The fourth-order valence-corrected chi connectivity index (χ4v) is 4.99. The second-order valence-corrected chi connectivity index (χ2v) is 8.31. The molecular formula is C14H20Cl2N2O2S. The van der Waals surface area contributed by atoms with Crippen molar-refractivity contribution >= 4 is 33.2 Å². The molecule has 21 heavy (non-hydrogen) atoms. The van der Waals surface area contributed by atoms with Gasteiger partial charge < -0.3 is 4.90 Å². The van der Waals surface area contributed by atoms with E-state index in [9.17, 15) is 8.42 Å². The molecule has 0 amide bonds. The van der Waals surface area contributed by atoms with Gasteiger partial charge in [0, 0.05) is 25.0 Å². The van der Waals surface area contributed by atoms with Gasteiger partial charge in [-0.25, -0.2) is 8.42 Å². The number of hydrogen-bond acceptors (Lipinski definition) is 3. The van der Waals surface area contributed by atoms with Crippen LogP contribution in [0.15, 0.2) is 23.1 Å². The van der Waals surface area contributed by atoms with E-state index in [-0.39, 0.29) is 27.8 Å². The van der Waals surface area contributed by atoms with Crippen molar-refractivity contribution in [1.29, 1.82) is 0 Å². The maximum Gasteiger partial charge on any atom is 0.244 e. The number of halogens is 2. The van der Waals surface area contributed by atoms with Crippen LogP contribution in [-0.4, -0.2) is 50.8 Å². The maximum absolute atomic E-state index is 12.8. The van der Waals surface area contributed by atoms with Crippen LogP contribution in [0.5, 0.6) is 0 Å². The number of nitrogens with zero attached hydrogens (tertiary/aromatic N) is 2. The lowest BCUT2D eigenvalue weighted by Crippen LogP contribution is -2.35. The standard InChI is InChI=1S/C14H20Cl2N2O2S/c1-10-8-18(9-13(10)17(2)3)21(19,20)14-6-11(7-15)4-5-12(14)16/h4-6,10,13H,7-9H2,1-3H3. The minimum Gasteiger partial charge on any atom is -0.305 e. The molecule has 0 saturated carbocycles. The van der Waals surface area contributed by atoms with Gasteiger partial charge in [-0.3, -0.25) is 0 Å². The zero-order valence-electron chi connectivity index (χ0n) is 12.4. The minimum absolute atomic E-state index is 0.147. The third kappa shape index (κ3) is 3.37. The Bertz CT molecular complexity index is 619. The van der Waals surface area contributed by atoms with E-state index in [2.05, 4.69) is 11.8 Å². The highest BCUT2D eigenvalue weighted by molar-refractivity contribution is 7.89. The monoisotopic (exact) mass is 350 g/mol. The second-order valence-electron chi connectivity index (χ2n) is 5.73. The zero-order chi connectivity index (χ0) is 15.8. The highest BCUT2D eigenvalue weighted by Gasteiger charge is 2.38. The van der Waals surface area contributed by atoms with Crippen molar-refractivity contribution in [2.24, 2.45) is 5.92 Å². The zero-order valence-corrected chi connectivity index (χ0v) is 14.7. The SMILES string of the molecule is CC1CN(S(=O)(=O)c2cc(CCl)ccc2Cl)CC1N(C)C. The largest absolute Gasteiger partial charge is 0.305 e. The van der Waals surface area contributed by atoms with Crippen LogP contribution < -0.4 is 0 Å². The Morgan fingerprint density at radius 2 is 2.00 bits per heavy atom. The van der Waals surface area contributed by atoms with E-state index in [4.69, 9.17) is 23.2 Å². The average molecular weight is 351 g/mol. The molecule has 0 aromatic heterocycles. The van der Waals surface area contributed by atoms with Gasteiger partial charge in [-0.15, -0.1) is 11.6 Å². The molecule has 0 aliphatic carbocycles. The second kappa shape index (κ2) is 6.42. The van der Waals surface area contributed by atoms with Crippen LogP contribution in [0.25, 0.3) is 0 Å². The molecule has 1 aliphatic rings.